The van der Waals surface area contributed by atoms with Gasteiger partial charge in [0, 0.05) is 24.4 Å². The molecule has 27 heavy (non-hydrogen) atoms. The summed E-state index contributed by atoms with van der Waals surface area (Å²) >= 11 is 0. The molecule has 8 heteroatoms. The number of fused-ring (bicyclic) bond motifs is 1. The van der Waals surface area contributed by atoms with E-state index in [-0.39, 0.29) is 11.0 Å². The summed E-state index contributed by atoms with van der Waals surface area (Å²) in [5.74, 6) is 0.480. The van der Waals surface area contributed by atoms with Crippen molar-refractivity contribution in [3.05, 3.63) is 48.8 Å². The molecular formula is C19H21N3O4S. The third-order valence-electron chi connectivity index (χ3n) is 4.53. The van der Waals surface area contributed by atoms with Crippen molar-refractivity contribution >= 4 is 26.7 Å². The third kappa shape index (κ3) is 3.91. The third-order valence-corrected chi connectivity index (χ3v) is 5.94. The minimum absolute atomic E-state index is 0.0445. The molecular weight excluding hydrogens is 366 g/mol. The highest BCUT2D eigenvalue weighted by molar-refractivity contribution is 7.93. The first-order chi connectivity index (χ1) is 13.1. The van der Waals surface area contributed by atoms with Gasteiger partial charge >= 0.3 is 0 Å². The standard InChI is InChI=1S/C19H21N3O4S/c23-27(24,18-12-21-19-15(18)7-5-10-20-19)22-16-8-1-2-9-17(16)26-13-14-6-3-4-11-25-14/h1-2,5,7-10,12,14,22H,3-4,6,11,13H2,(H,20,21). The van der Waals surface area contributed by atoms with Crippen LogP contribution in [0, 0.1) is 0 Å². The molecule has 1 aliphatic rings. The lowest BCUT2D eigenvalue weighted by Crippen LogP contribution is -2.26. The number of sulfonamides is 1. The summed E-state index contributed by atoms with van der Waals surface area (Å²) in [7, 11) is -3.79. The van der Waals surface area contributed by atoms with Gasteiger partial charge in [-0.25, -0.2) is 13.4 Å². The van der Waals surface area contributed by atoms with E-state index in [9.17, 15) is 8.42 Å². The maximum Gasteiger partial charge on any atom is 0.264 e. The van der Waals surface area contributed by atoms with Gasteiger partial charge in [-0.05, 0) is 43.5 Å². The van der Waals surface area contributed by atoms with Crippen LogP contribution < -0.4 is 9.46 Å². The van der Waals surface area contributed by atoms with Gasteiger partial charge in [-0.1, -0.05) is 12.1 Å². The van der Waals surface area contributed by atoms with Crippen LogP contribution in [0.5, 0.6) is 5.75 Å². The number of aromatic nitrogens is 2. The van der Waals surface area contributed by atoms with Crippen LogP contribution in [-0.4, -0.2) is 37.7 Å². The molecule has 1 fully saturated rings. The average molecular weight is 387 g/mol. The van der Waals surface area contributed by atoms with Crippen molar-refractivity contribution in [2.75, 3.05) is 17.9 Å². The van der Waals surface area contributed by atoms with Crippen LogP contribution in [-0.2, 0) is 14.8 Å². The van der Waals surface area contributed by atoms with Gasteiger partial charge in [-0.2, -0.15) is 0 Å². The van der Waals surface area contributed by atoms with E-state index in [4.69, 9.17) is 9.47 Å². The lowest BCUT2D eigenvalue weighted by Gasteiger charge is -2.23. The molecule has 0 bridgehead atoms. The molecule has 1 unspecified atom stereocenters. The number of anilines is 1. The minimum Gasteiger partial charge on any atom is -0.489 e. The predicted octanol–water partition coefficient (Wildman–Crippen LogP) is 3.31. The summed E-state index contributed by atoms with van der Waals surface area (Å²) in [6, 6.07) is 10.4. The second-order valence-electron chi connectivity index (χ2n) is 6.45. The highest BCUT2D eigenvalue weighted by Crippen LogP contribution is 2.29. The molecule has 1 saturated heterocycles. The Morgan fingerprint density at radius 2 is 2.11 bits per heavy atom. The van der Waals surface area contributed by atoms with Gasteiger partial charge in [-0.3, -0.25) is 4.72 Å². The summed E-state index contributed by atoms with van der Waals surface area (Å²) in [4.78, 5) is 7.17. The van der Waals surface area contributed by atoms with Crippen LogP contribution in [0.4, 0.5) is 5.69 Å². The molecule has 0 radical (unpaired) electrons. The van der Waals surface area contributed by atoms with Gasteiger partial charge in [0.15, 0.2) is 0 Å². The first kappa shape index (κ1) is 17.8. The van der Waals surface area contributed by atoms with E-state index >= 15 is 0 Å². The molecule has 2 aromatic heterocycles. The Hall–Kier alpha value is -2.58. The number of H-pyrrole nitrogens is 1. The zero-order valence-corrected chi connectivity index (χ0v) is 15.5. The predicted molar refractivity (Wildman–Crippen MR) is 102 cm³/mol. The number of hydrogen-bond acceptors (Lipinski definition) is 5. The normalized spacial score (nSPS) is 17.7. The number of benzene rings is 1. The number of para-hydroxylation sites is 2. The molecule has 3 heterocycles. The zero-order valence-electron chi connectivity index (χ0n) is 14.7. The summed E-state index contributed by atoms with van der Waals surface area (Å²) < 4.78 is 39.9. The Kier molecular flexibility index (Phi) is 5.00. The second kappa shape index (κ2) is 7.58. The van der Waals surface area contributed by atoms with Crippen molar-refractivity contribution < 1.29 is 17.9 Å². The van der Waals surface area contributed by atoms with Gasteiger partial charge in [0.2, 0.25) is 0 Å². The summed E-state index contributed by atoms with van der Waals surface area (Å²) in [6.07, 6.45) is 6.25. The zero-order chi connectivity index (χ0) is 18.7. The van der Waals surface area contributed by atoms with Gasteiger partial charge in [0.25, 0.3) is 10.0 Å². The fourth-order valence-corrected chi connectivity index (χ4v) is 4.39. The molecule has 1 aromatic carbocycles. The number of aromatic amines is 1. The fourth-order valence-electron chi connectivity index (χ4n) is 3.15. The minimum atomic E-state index is -3.79. The number of nitrogens with one attached hydrogen (secondary N) is 2. The number of hydrogen-bond donors (Lipinski definition) is 2. The van der Waals surface area contributed by atoms with Crippen LogP contribution >= 0.6 is 0 Å². The highest BCUT2D eigenvalue weighted by atomic mass is 32.2. The maximum atomic E-state index is 12.9. The molecule has 1 atom stereocenters. The van der Waals surface area contributed by atoms with Crippen molar-refractivity contribution in [3.63, 3.8) is 0 Å². The monoisotopic (exact) mass is 387 g/mol. The molecule has 0 spiro atoms. The van der Waals surface area contributed by atoms with Gasteiger partial charge in [-0.15, -0.1) is 0 Å². The van der Waals surface area contributed by atoms with Crippen LogP contribution in [0.1, 0.15) is 19.3 Å². The Balaban J connectivity index is 1.55. The quantitative estimate of drug-likeness (QED) is 0.677. The lowest BCUT2D eigenvalue weighted by molar-refractivity contribution is -0.0109. The molecule has 0 aliphatic carbocycles. The van der Waals surface area contributed by atoms with Crippen molar-refractivity contribution in [3.8, 4) is 5.75 Å². The van der Waals surface area contributed by atoms with Crippen molar-refractivity contribution in [1.82, 2.24) is 9.97 Å². The maximum absolute atomic E-state index is 12.9. The average Bonchev–Trinajstić information content (AvgIpc) is 3.13. The molecule has 0 saturated carbocycles. The first-order valence-electron chi connectivity index (χ1n) is 8.92. The smallest absolute Gasteiger partial charge is 0.264 e. The largest absolute Gasteiger partial charge is 0.489 e. The van der Waals surface area contributed by atoms with Crippen molar-refractivity contribution in [1.29, 1.82) is 0 Å². The van der Waals surface area contributed by atoms with Crippen LogP contribution in [0.25, 0.3) is 11.0 Å². The van der Waals surface area contributed by atoms with E-state index in [0.29, 0.717) is 29.1 Å². The summed E-state index contributed by atoms with van der Waals surface area (Å²) in [5, 5.41) is 0.541. The van der Waals surface area contributed by atoms with E-state index in [1.165, 1.54) is 6.20 Å². The number of pyridine rings is 1. The SMILES string of the molecule is O=S(=O)(Nc1ccccc1OCC1CCCCO1)c1c[nH]c2ncccc12. The van der Waals surface area contributed by atoms with E-state index in [1.54, 1.807) is 36.5 Å². The fraction of sp³-hybridized carbons (Fsp3) is 0.316. The topological polar surface area (TPSA) is 93.3 Å². The first-order valence-corrected chi connectivity index (χ1v) is 10.4. The molecule has 2 N–H and O–H groups in total. The number of ether oxygens (including phenoxy) is 2. The highest BCUT2D eigenvalue weighted by Gasteiger charge is 2.21. The van der Waals surface area contributed by atoms with Gasteiger partial charge < -0.3 is 14.5 Å². The lowest BCUT2D eigenvalue weighted by atomic mass is 10.1. The van der Waals surface area contributed by atoms with E-state index in [0.717, 1.165) is 25.9 Å². The molecule has 3 aromatic rings. The van der Waals surface area contributed by atoms with Gasteiger partial charge in [0.05, 0.1) is 11.8 Å². The summed E-state index contributed by atoms with van der Waals surface area (Å²) in [5.41, 5.74) is 0.920. The Bertz CT molecular complexity index is 1030. The van der Waals surface area contributed by atoms with Crippen LogP contribution in [0.15, 0.2) is 53.7 Å². The van der Waals surface area contributed by atoms with Crippen LogP contribution in [0.3, 0.4) is 0 Å². The van der Waals surface area contributed by atoms with Crippen LogP contribution in [0.2, 0.25) is 0 Å². The molecule has 7 nitrogen and oxygen atoms in total. The number of nitrogens with zero attached hydrogens (tertiary/aromatic N) is 1. The summed E-state index contributed by atoms with van der Waals surface area (Å²) in [6.45, 7) is 1.15. The molecule has 1 aliphatic heterocycles. The Morgan fingerprint density at radius 3 is 2.96 bits per heavy atom. The van der Waals surface area contributed by atoms with E-state index in [2.05, 4.69) is 14.7 Å². The van der Waals surface area contributed by atoms with Gasteiger partial charge in [0.1, 0.15) is 22.9 Å². The molecule has 0 amide bonds. The molecule has 142 valence electrons. The van der Waals surface area contributed by atoms with E-state index in [1.807, 2.05) is 6.07 Å². The van der Waals surface area contributed by atoms with Crippen molar-refractivity contribution in [2.45, 2.75) is 30.3 Å². The van der Waals surface area contributed by atoms with Crippen molar-refractivity contribution in [2.24, 2.45) is 0 Å². The van der Waals surface area contributed by atoms with E-state index < -0.39 is 10.0 Å². The number of rotatable bonds is 6. The Labute approximate surface area is 157 Å². The molecule has 4 rings (SSSR count). The second-order valence-corrected chi connectivity index (χ2v) is 8.10. The Morgan fingerprint density at radius 1 is 1.22 bits per heavy atom.